The number of hydrogen-bond acceptors (Lipinski definition) is 4. The van der Waals surface area contributed by atoms with Crippen LogP contribution in [-0.4, -0.2) is 0 Å². The van der Waals surface area contributed by atoms with Crippen LogP contribution in [0.25, 0.3) is 0 Å². The van der Waals surface area contributed by atoms with Crippen LogP contribution in [0.2, 0.25) is 0 Å². The van der Waals surface area contributed by atoms with Crippen molar-refractivity contribution in [1.82, 2.24) is 0 Å². The third-order valence-corrected chi connectivity index (χ3v) is 5.20. The lowest BCUT2D eigenvalue weighted by molar-refractivity contribution is -0.206. The van der Waals surface area contributed by atoms with Gasteiger partial charge in [0.2, 0.25) is 0 Å². The van der Waals surface area contributed by atoms with Gasteiger partial charge in [0.15, 0.2) is 0 Å². The second-order valence-electron chi connectivity index (χ2n) is 5.44. The van der Waals surface area contributed by atoms with Crippen LogP contribution in [0.5, 0.6) is 0 Å². The monoisotopic (exact) mass is 414 g/mol. The molecule has 0 amide bonds. The van der Waals surface area contributed by atoms with Crippen molar-refractivity contribution in [3.8, 4) is 0 Å². The van der Waals surface area contributed by atoms with Gasteiger partial charge in [0, 0.05) is 11.1 Å². The summed E-state index contributed by atoms with van der Waals surface area (Å²) < 4.78 is 0. The maximum absolute atomic E-state index is 6.04. The summed E-state index contributed by atoms with van der Waals surface area (Å²) >= 11 is 23.6. The van der Waals surface area contributed by atoms with E-state index >= 15 is 0 Å². The maximum Gasteiger partial charge on any atom is 0.264 e. The molecule has 0 aliphatic carbocycles. The van der Waals surface area contributed by atoms with Crippen LogP contribution in [0.3, 0.4) is 0 Å². The molecule has 0 spiro atoms. The van der Waals surface area contributed by atoms with E-state index in [2.05, 4.69) is 9.78 Å². The summed E-state index contributed by atoms with van der Waals surface area (Å²) in [5.41, 5.74) is 1.75. The van der Waals surface area contributed by atoms with Gasteiger partial charge < -0.3 is 0 Å². The predicted octanol–water partition coefficient (Wildman–Crippen LogP) is 7.09. The highest BCUT2D eigenvalue weighted by molar-refractivity contribution is 6.40. The van der Waals surface area contributed by atoms with Crippen LogP contribution >= 0.6 is 46.4 Å². The van der Waals surface area contributed by atoms with E-state index in [0.717, 1.165) is 62.5 Å². The number of allylic oxidation sites excluding steroid dienone is 4. The van der Waals surface area contributed by atoms with E-state index in [0.29, 0.717) is 10.1 Å². The van der Waals surface area contributed by atoms with Crippen molar-refractivity contribution in [2.24, 2.45) is 0 Å². The Morgan fingerprint density at radius 1 is 0.583 bits per heavy atom. The van der Waals surface area contributed by atoms with Gasteiger partial charge in [-0.05, 0) is 48.9 Å². The van der Waals surface area contributed by atoms with Crippen LogP contribution in [0.15, 0.2) is 44.2 Å². The number of rotatable bonds is 9. The number of halogens is 4. The SMILES string of the molecule is ClC1=C(Cl)C(CCCCCCCCC2=COOC(Cl)=C2Cl)=COO1. The average Bonchev–Trinajstić information content (AvgIpc) is 2.57. The maximum atomic E-state index is 6.04. The molecule has 0 atom stereocenters. The van der Waals surface area contributed by atoms with Gasteiger partial charge in [0.05, 0.1) is 0 Å². The van der Waals surface area contributed by atoms with Crippen LogP contribution < -0.4 is 0 Å². The zero-order chi connectivity index (χ0) is 17.4. The van der Waals surface area contributed by atoms with Crippen molar-refractivity contribution in [2.45, 2.75) is 51.4 Å². The summed E-state index contributed by atoms with van der Waals surface area (Å²) in [6.45, 7) is 0. The van der Waals surface area contributed by atoms with Crippen LogP contribution in [0.1, 0.15) is 51.4 Å². The molecule has 0 N–H and O–H groups in total. The van der Waals surface area contributed by atoms with E-state index in [-0.39, 0.29) is 10.4 Å². The van der Waals surface area contributed by atoms with Crippen molar-refractivity contribution < 1.29 is 19.6 Å². The second-order valence-corrected chi connectivity index (χ2v) is 6.88. The molecule has 4 nitrogen and oxygen atoms in total. The van der Waals surface area contributed by atoms with Crippen LogP contribution in [0.4, 0.5) is 0 Å². The Bertz CT molecular complexity index is 516. The van der Waals surface area contributed by atoms with Gasteiger partial charge in [-0.15, -0.1) is 0 Å². The Hall–Kier alpha value is -0.680. The third-order valence-electron chi connectivity index (χ3n) is 3.67. The molecule has 24 heavy (non-hydrogen) atoms. The van der Waals surface area contributed by atoms with Gasteiger partial charge in [-0.3, -0.25) is 19.6 Å². The fourth-order valence-electron chi connectivity index (χ4n) is 2.35. The van der Waals surface area contributed by atoms with Crippen molar-refractivity contribution in [1.29, 1.82) is 0 Å². The van der Waals surface area contributed by atoms with Gasteiger partial charge in [0.1, 0.15) is 22.6 Å². The highest BCUT2D eigenvalue weighted by atomic mass is 35.5. The molecule has 0 aromatic carbocycles. The molecule has 2 heterocycles. The standard InChI is InChI=1S/C16H18Cl4O4/c17-13-11(9-21-23-15(13)19)7-5-3-1-2-4-6-8-12-10-22-24-16(20)14(12)18/h9-10H,1-8H2. The summed E-state index contributed by atoms with van der Waals surface area (Å²) in [6, 6.07) is 0. The molecule has 0 unspecified atom stereocenters. The Labute approximate surface area is 161 Å². The van der Waals surface area contributed by atoms with E-state index in [4.69, 9.17) is 56.2 Å². The minimum atomic E-state index is 0.0911. The summed E-state index contributed by atoms with van der Waals surface area (Å²) in [5, 5.41) is 1.04. The first kappa shape index (κ1) is 19.6. The molecule has 0 radical (unpaired) electrons. The number of unbranched alkanes of at least 4 members (excludes halogenated alkanes) is 5. The van der Waals surface area contributed by atoms with E-state index in [9.17, 15) is 0 Å². The molecule has 2 aliphatic heterocycles. The summed E-state index contributed by atoms with van der Waals surface area (Å²) in [4.78, 5) is 18.8. The third kappa shape index (κ3) is 5.99. The van der Waals surface area contributed by atoms with Crippen molar-refractivity contribution in [3.05, 3.63) is 44.2 Å². The van der Waals surface area contributed by atoms with Gasteiger partial charge in [0.25, 0.3) is 10.4 Å². The van der Waals surface area contributed by atoms with Gasteiger partial charge in [-0.25, -0.2) is 0 Å². The quantitative estimate of drug-likeness (QED) is 0.297. The molecule has 0 aromatic rings. The first-order valence-corrected chi connectivity index (χ1v) is 9.27. The van der Waals surface area contributed by atoms with Gasteiger partial charge >= 0.3 is 0 Å². The normalized spacial score (nSPS) is 17.5. The lowest BCUT2D eigenvalue weighted by Crippen LogP contribution is -1.99. The van der Waals surface area contributed by atoms with E-state index in [1.165, 1.54) is 12.5 Å². The fourth-order valence-corrected chi connectivity index (χ4v) is 3.01. The molecule has 0 saturated carbocycles. The molecular weight excluding hydrogens is 398 g/mol. The Balaban J connectivity index is 1.52. The number of hydrogen-bond donors (Lipinski definition) is 0. The van der Waals surface area contributed by atoms with Crippen molar-refractivity contribution in [2.75, 3.05) is 0 Å². The molecule has 0 saturated heterocycles. The van der Waals surface area contributed by atoms with Gasteiger partial charge in [-0.1, -0.05) is 48.9 Å². The summed E-state index contributed by atoms with van der Waals surface area (Å²) in [7, 11) is 0. The Morgan fingerprint density at radius 3 is 1.38 bits per heavy atom. The van der Waals surface area contributed by atoms with Crippen molar-refractivity contribution in [3.63, 3.8) is 0 Å². The molecule has 8 heteroatoms. The predicted molar refractivity (Wildman–Crippen MR) is 94.9 cm³/mol. The minimum absolute atomic E-state index is 0.0911. The highest BCUT2D eigenvalue weighted by Gasteiger charge is 2.16. The molecule has 0 bridgehead atoms. The molecule has 134 valence electrons. The molecular formula is C16H18Cl4O4. The molecule has 0 aromatic heterocycles. The Kier molecular flexibility index (Phi) is 8.46. The first-order chi connectivity index (χ1) is 11.6. The fraction of sp³-hybridized carbons (Fsp3) is 0.500. The van der Waals surface area contributed by atoms with E-state index < -0.39 is 0 Å². The Morgan fingerprint density at radius 2 is 0.958 bits per heavy atom. The average molecular weight is 416 g/mol. The van der Waals surface area contributed by atoms with Gasteiger partial charge in [-0.2, -0.15) is 0 Å². The van der Waals surface area contributed by atoms with Crippen molar-refractivity contribution >= 4 is 46.4 Å². The zero-order valence-electron chi connectivity index (χ0n) is 13.0. The lowest BCUT2D eigenvalue weighted by atomic mass is 10.0. The molecule has 2 aliphatic rings. The molecule has 2 rings (SSSR count). The van der Waals surface area contributed by atoms with Crippen LogP contribution in [0, 0.1) is 0 Å². The highest BCUT2D eigenvalue weighted by Crippen LogP contribution is 2.32. The summed E-state index contributed by atoms with van der Waals surface area (Å²) in [6.07, 6.45) is 11.2. The lowest BCUT2D eigenvalue weighted by Gasteiger charge is -2.13. The topological polar surface area (TPSA) is 36.9 Å². The van der Waals surface area contributed by atoms with E-state index in [1.807, 2.05) is 0 Å². The zero-order valence-corrected chi connectivity index (χ0v) is 16.0. The largest absolute Gasteiger partial charge is 0.297 e. The summed E-state index contributed by atoms with van der Waals surface area (Å²) in [5.74, 6) is 0. The smallest absolute Gasteiger partial charge is 0.264 e. The minimum Gasteiger partial charge on any atom is -0.297 e. The van der Waals surface area contributed by atoms with Crippen LogP contribution in [-0.2, 0) is 19.6 Å². The second kappa shape index (κ2) is 10.3. The first-order valence-electron chi connectivity index (χ1n) is 7.75. The molecule has 0 fully saturated rings. The van der Waals surface area contributed by atoms with E-state index in [1.54, 1.807) is 0 Å².